The average Bonchev–Trinajstić information content (AvgIpc) is 2.44. The highest BCUT2D eigenvalue weighted by Gasteiger charge is 2.17. The first kappa shape index (κ1) is 15.8. The van der Waals surface area contributed by atoms with Crippen molar-refractivity contribution in [3.8, 4) is 0 Å². The van der Waals surface area contributed by atoms with Crippen molar-refractivity contribution in [2.24, 2.45) is 0 Å². The largest absolute Gasteiger partial charge is 0.324 e. The molecule has 0 bridgehead atoms. The van der Waals surface area contributed by atoms with Crippen LogP contribution in [0.4, 0.5) is 5.69 Å². The number of hydrogen-bond acceptors (Lipinski definition) is 2. The van der Waals surface area contributed by atoms with Crippen molar-refractivity contribution in [1.29, 1.82) is 0 Å². The normalized spacial score (nSPS) is 12.0. The van der Waals surface area contributed by atoms with E-state index in [2.05, 4.69) is 21.2 Å². The number of nitrogens with zero attached hydrogens (tertiary/aromatic N) is 1. The molecule has 1 aromatic heterocycles. The first-order valence-corrected chi connectivity index (χ1v) is 7.50. The minimum atomic E-state index is -0.621. The highest BCUT2D eigenvalue weighted by Crippen LogP contribution is 2.16. The molecule has 4 nitrogen and oxygen atoms in total. The Balaban J connectivity index is 2.23. The van der Waals surface area contributed by atoms with E-state index < -0.39 is 6.04 Å². The third-order valence-corrected chi connectivity index (χ3v) is 3.86. The van der Waals surface area contributed by atoms with Gasteiger partial charge in [-0.2, -0.15) is 0 Å². The highest BCUT2D eigenvalue weighted by atomic mass is 79.9. The van der Waals surface area contributed by atoms with Crippen LogP contribution in [-0.4, -0.2) is 10.5 Å². The van der Waals surface area contributed by atoms with E-state index in [4.69, 9.17) is 11.6 Å². The van der Waals surface area contributed by atoms with Crippen LogP contribution < -0.4 is 10.9 Å². The Morgan fingerprint density at radius 3 is 2.57 bits per heavy atom. The molecule has 2 rings (SSSR count). The van der Waals surface area contributed by atoms with Crippen molar-refractivity contribution in [3.63, 3.8) is 0 Å². The summed E-state index contributed by atoms with van der Waals surface area (Å²) in [6, 6.07) is 7.91. The van der Waals surface area contributed by atoms with Gasteiger partial charge in [0, 0.05) is 16.9 Å². The van der Waals surface area contributed by atoms with Crippen molar-refractivity contribution < 1.29 is 4.79 Å². The molecule has 0 aliphatic rings. The summed E-state index contributed by atoms with van der Waals surface area (Å²) in [5.74, 6) is -0.267. The molecule has 0 fully saturated rings. The van der Waals surface area contributed by atoms with Crippen molar-refractivity contribution in [3.05, 3.63) is 61.9 Å². The third-order valence-electron chi connectivity index (χ3n) is 3.04. The van der Waals surface area contributed by atoms with Gasteiger partial charge in [0.2, 0.25) is 5.91 Å². The van der Waals surface area contributed by atoms with Gasteiger partial charge in [0.05, 0.1) is 4.47 Å². The molecule has 110 valence electrons. The van der Waals surface area contributed by atoms with Gasteiger partial charge in [0.15, 0.2) is 0 Å². The van der Waals surface area contributed by atoms with Gasteiger partial charge < -0.3 is 9.88 Å². The van der Waals surface area contributed by atoms with E-state index in [9.17, 15) is 9.59 Å². The predicted octanol–water partition coefficient (Wildman–Crippen LogP) is 3.77. The molecule has 0 radical (unpaired) electrons. The number of amides is 1. The van der Waals surface area contributed by atoms with Crippen molar-refractivity contribution in [2.45, 2.75) is 19.9 Å². The molecule has 1 heterocycles. The van der Waals surface area contributed by atoms with Crippen LogP contribution in [0.25, 0.3) is 0 Å². The van der Waals surface area contributed by atoms with Crippen LogP contribution in [0, 0.1) is 6.92 Å². The summed E-state index contributed by atoms with van der Waals surface area (Å²) in [7, 11) is 0. The Morgan fingerprint density at radius 1 is 1.33 bits per heavy atom. The highest BCUT2D eigenvalue weighted by molar-refractivity contribution is 9.10. The molecule has 0 spiro atoms. The Morgan fingerprint density at radius 2 is 1.95 bits per heavy atom. The van der Waals surface area contributed by atoms with Crippen LogP contribution in [0.2, 0.25) is 5.02 Å². The number of carbonyl (C=O) groups is 1. The van der Waals surface area contributed by atoms with Gasteiger partial charge in [0.25, 0.3) is 5.56 Å². The number of aromatic nitrogens is 1. The maximum atomic E-state index is 12.3. The van der Waals surface area contributed by atoms with E-state index in [1.54, 1.807) is 43.5 Å². The Kier molecular flexibility index (Phi) is 4.85. The topological polar surface area (TPSA) is 51.1 Å². The first-order valence-electron chi connectivity index (χ1n) is 6.33. The van der Waals surface area contributed by atoms with E-state index in [1.807, 2.05) is 6.92 Å². The fourth-order valence-corrected chi connectivity index (χ4v) is 2.59. The minimum absolute atomic E-state index is 0.237. The van der Waals surface area contributed by atoms with Gasteiger partial charge in [-0.25, -0.2) is 0 Å². The molecular weight excluding hydrogens is 356 g/mol. The van der Waals surface area contributed by atoms with E-state index in [0.717, 1.165) is 5.56 Å². The molecule has 6 heteroatoms. The second-order valence-corrected chi connectivity index (χ2v) is 6.04. The third kappa shape index (κ3) is 3.74. The van der Waals surface area contributed by atoms with Gasteiger partial charge in [-0.3, -0.25) is 9.59 Å². The van der Waals surface area contributed by atoms with E-state index >= 15 is 0 Å². The zero-order valence-corrected chi connectivity index (χ0v) is 13.9. The second kappa shape index (κ2) is 6.45. The van der Waals surface area contributed by atoms with Crippen LogP contribution in [0.5, 0.6) is 0 Å². The van der Waals surface area contributed by atoms with Gasteiger partial charge in [-0.15, -0.1) is 0 Å². The number of halogens is 2. The minimum Gasteiger partial charge on any atom is -0.324 e. The molecule has 0 saturated carbocycles. The van der Waals surface area contributed by atoms with Gasteiger partial charge >= 0.3 is 0 Å². The lowest BCUT2D eigenvalue weighted by atomic mass is 10.2. The number of hydrogen-bond donors (Lipinski definition) is 1. The molecule has 1 N–H and O–H groups in total. The number of carbonyl (C=O) groups excluding carboxylic acids is 1. The number of aryl methyl sites for hydroxylation is 1. The molecule has 0 aliphatic carbocycles. The quantitative estimate of drug-likeness (QED) is 0.895. The smallest absolute Gasteiger partial charge is 0.265 e. The summed E-state index contributed by atoms with van der Waals surface area (Å²) in [6.07, 6.45) is 1.67. The van der Waals surface area contributed by atoms with Gasteiger partial charge in [0.1, 0.15) is 6.04 Å². The van der Waals surface area contributed by atoms with Crippen molar-refractivity contribution in [1.82, 2.24) is 4.57 Å². The zero-order valence-electron chi connectivity index (χ0n) is 11.6. The Bertz CT molecular complexity index is 725. The van der Waals surface area contributed by atoms with Crippen LogP contribution in [-0.2, 0) is 4.79 Å². The average molecular weight is 370 g/mol. The molecule has 0 saturated heterocycles. The van der Waals surface area contributed by atoms with Crippen molar-refractivity contribution >= 4 is 39.1 Å². The second-order valence-electron chi connectivity index (χ2n) is 4.75. The lowest BCUT2D eigenvalue weighted by Gasteiger charge is -2.16. The molecule has 1 unspecified atom stereocenters. The zero-order chi connectivity index (χ0) is 15.6. The monoisotopic (exact) mass is 368 g/mol. The molecular formula is C15H14BrClN2O2. The summed E-state index contributed by atoms with van der Waals surface area (Å²) in [4.78, 5) is 24.3. The number of pyridine rings is 1. The van der Waals surface area contributed by atoms with E-state index in [-0.39, 0.29) is 11.5 Å². The molecule has 1 atom stereocenters. The Hall–Kier alpha value is -1.59. The van der Waals surface area contributed by atoms with Crippen LogP contribution >= 0.6 is 27.5 Å². The summed E-state index contributed by atoms with van der Waals surface area (Å²) in [5.41, 5.74) is 1.29. The Labute approximate surface area is 135 Å². The van der Waals surface area contributed by atoms with Gasteiger partial charge in [-0.05, 0) is 65.7 Å². The summed E-state index contributed by atoms with van der Waals surface area (Å²) >= 11 is 9.01. The molecule has 21 heavy (non-hydrogen) atoms. The fourth-order valence-electron chi connectivity index (χ4n) is 1.89. The van der Waals surface area contributed by atoms with Crippen LogP contribution in [0.1, 0.15) is 18.5 Å². The number of benzene rings is 1. The SMILES string of the molecule is Cc1cc(Br)c(=O)n(C(C)C(=O)Nc2ccc(Cl)cc2)c1. The summed E-state index contributed by atoms with van der Waals surface area (Å²) in [5, 5.41) is 3.36. The standard InChI is InChI=1S/C15H14BrClN2O2/c1-9-7-13(16)15(21)19(8-9)10(2)14(20)18-12-5-3-11(17)4-6-12/h3-8,10H,1-2H3,(H,18,20). The number of anilines is 1. The number of nitrogens with one attached hydrogen (secondary N) is 1. The number of rotatable bonds is 3. The maximum absolute atomic E-state index is 12.3. The molecule has 2 aromatic rings. The van der Waals surface area contributed by atoms with Crippen LogP contribution in [0.15, 0.2) is 45.8 Å². The molecule has 1 amide bonds. The van der Waals surface area contributed by atoms with E-state index in [0.29, 0.717) is 15.2 Å². The predicted molar refractivity (Wildman–Crippen MR) is 87.9 cm³/mol. The summed E-state index contributed by atoms with van der Waals surface area (Å²) in [6.45, 7) is 3.54. The summed E-state index contributed by atoms with van der Waals surface area (Å²) < 4.78 is 1.85. The first-order chi connectivity index (χ1) is 9.88. The fraction of sp³-hybridized carbons (Fsp3) is 0.200. The van der Waals surface area contributed by atoms with Crippen molar-refractivity contribution in [2.75, 3.05) is 5.32 Å². The molecule has 1 aromatic carbocycles. The molecule has 0 aliphatic heterocycles. The van der Waals surface area contributed by atoms with Gasteiger partial charge in [-0.1, -0.05) is 11.6 Å². The lowest BCUT2D eigenvalue weighted by molar-refractivity contribution is -0.118. The maximum Gasteiger partial charge on any atom is 0.265 e. The van der Waals surface area contributed by atoms with E-state index in [1.165, 1.54) is 4.57 Å². The lowest BCUT2D eigenvalue weighted by Crippen LogP contribution is -2.31. The van der Waals surface area contributed by atoms with Crippen LogP contribution in [0.3, 0.4) is 0 Å².